The molecule has 0 N–H and O–H groups in total. The first-order valence-electron chi connectivity index (χ1n) is 9.94. The number of piperazine rings is 1. The minimum atomic E-state index is 0.133. The van der Waals surface area contributed by atoms with Crippen LogP contribution >= 0.6 is 23.4 Å². The number of amides is 2. The van der Waals surface area contributed by atoms with Gasteiger partial charge in [0, 0.05) is 51.8 Å². The predicted octanol–water partition coefficient (Wildman–Crippen LogP) is 2.54. The van der Waals surface area contributed by atoms with Crippen molar-refractivity contribution >= 4 is 41.0 Å². The Balaban J connectivity index is 1.56. The number of aromatic nitrogens is 2. The lowest BCUT2D eigenvalue weighted by Crippen LogP contribution is -2.48. The SMILES string of the molecule is CCC(=O)N1CCN(c2cc(Cl)nc(SCC(=O)N3CCC(C)CC3)n2)CC1. The molecule has 0 saturated carbocycles. The standard InChI is InChI=1S/C19H28ClN5O2S/c1-3-17(26)25-10-8-23(9-11-25)16-12-15(20)21-19(22-16)28-13-18(27)24-6-4-14(2)5-7-24/h12,14H,3-11,13H2,1-2H3. The van der Waals surface area contributed by atoms with Crippen molar-refractivity contribution in [3.63, 3.8) is 0 Å². The number of nitrogens with zero attached hydrogens (tertiary/aromatic N) is 5. The van der Waals surface area contributed by atoms with Crippen LogP contribution in [0.25, 0.3) is 0 Å². The Kier molecular flexibility index (Phi) is 7.40. The molecule has 1 aromatic heterocycles. The summed E-state index contributed by atoms with van der Waals surface area (Å²) in [6.45, 7) is 8.59. The van der Waals surface area contributed by atoms with E-state index >= 15 is 0 Å². The summed E-state index contributed by atoms with van der Waals surface area (Å²) in [4.78, 5) is 39.1. The van der Waals surface area contributed by atoms with Gasteiger partial charge in [-0.15, -0.1) is 0 Å². The molecule has 2 fully saturated rings. The summed E-state index contributed by atoms with van der Waals surface area (Å²) in [6, 6.07) is 1.75. The summed E-state index contributed by atoms with van der Waals surface area (Å²) in [5.41, 5.74) is 0. The second kappa shape index (κ2) is 9.78. The van der Waals surface area contributed by atoms with E-state index in [2.05, 4.69) is 21.8 Å². The first-order valence-corrected chi connectivity index (χ1v) is 11.3. The lowest BCUT2D eigenvalue weighted by molar-refractivity contribution is -0.131. The van der Waals surface area contributed by atoms with E-state index in [1.807, 2.05) is 16.7 Å². The number of hydrogen-bond acceptors (Lipinski definition) is 6. The Bertz CT molecular complexity index is 704. The third kappa shape index (κ3) is 5.50. The predicted molar refractivity (Wildman–Crippen MR) is 112 cm³/mol. The molecule has 28 heavy (non-hydrogen) atoms. The van der Waals surface area contributed by atoms with E-state index in [1.54, 1.807) is 6.07 Å². The third-order valence-corrected chi connectivity index (χ3v) is 6.41. The zero-order valence-electron chi connectivity index (χ0n) is 16.6. The monoisotopic (exact) mass is 425 g/mol. The van der Waals surface area contributed by atoms with Gasteiger partial charge in [-0.25, -0.2) is 9.97 Å². The average Bonchev–Trinajstić information content (AvgIpc) is 2.71. The van der Waals surface area contributed by atoms with Crippen molar-refractivity contribution in [3.8, 4) is 0 Å². The quantitative estimate of drug-likeness (QED) is 0.410. The molecule has 2 amide bonds. The molecule has 3 heterocycles. The Morgan fingerprint density at radius 2 is 1.71 bits per heavy atom. The molecule has 9 heteroatoms. The van der Waals surface area contributed by atoms with Crippen molar-refractivity contribution in [3.05, 3.63) is 11.2 Å². The van der Waals surface area contributed by atoms with Crippen LogP contribution in [0.3, 0.4) is 0 Å². The fraction of sp³-hybridized carbons (Fsp3) is 0.684. The van der Waals surface area contributed by atoms with E-state index in [4.69, 9.17) is 11.6 Å². The third-order valence-electron chi connectivity index (χ3n) is 5.38. The van der Waals surface area contributed by atoms with Gasteiger partial charge >= 0.3 is 0 Å². The van der Waals surface area contributed by atoms with Gasteiger partial charge in [-0.3, -0.25) is 9.59 Å². The normalized spacial score (nSPS) is 18.5. The van der Waals surface area contributed by atoms with Gasteiger partial charge in [-0.2, -0.15) is 0 Å². The maximum Gasteiger partial charge on any atom is 0.233 e. The molecule has 1 aromatic rings. The number of piperidine rings is 1. The molecule has 3 rings (SSSR count). The lowest BCUT2D eigenvalue weighted by Gasteiger charge is -2.35. The van der Waals surface area contributed by atoms with Crippen LogP contribution in [0.4, 0.5) is 5.82 Å². The molecule has 2 saturated heterocycles. The second-order valence-electron chi connectivity index (χ2n) is 7.40. The van der Waals surface area contributed by atoms with E-state index in [0.29, 0.717) is 54.6 Å². The van der Waals surface area contributed by atoms with Gasteiger partial charge in [0.15, 0.2) is 5.16 Å². The summed E-state index contributed by atoms with van der Waals surface area (Å²) in [7, 11) is 0. The highest BCUT2D eigenvalue weighted by Crippen LogP contribution is 2.24. The zero-order valence-corrected chi connectivity index (χ0v) is 18.1. The van der Waals surface area contributed by atoms with Crippen molar-refractivity contribution < 1.29 is 9.59 Å². The molecule has 0 aliphatic carbocycles. The first kappa shape index (κ1) is 21.2. The van der Waals surface area contributed by atoms with Gasteiger partial charge in [-0.1, -0.05) is 37.2 Å². The number of thioether (sulfide) groups is 1. The smallest absolute Gasteiger partial charge is 0.233 e. The van der Waals surface area contributed by atoms with Crippen LogP contribution in [0.5, 0.6) is 0 Å². The van der Waals surface area contributed by atoms with Crippen LogP contribution in [-0.2, 0) is 9.59 Å². The Labute approximate surface area is 175 Å². The van der Waals surface area contributed by atoms with Gasteiger partial charge < -0.3 is 14.7 Å². The van der Waals surface area contributed by atoms with Gasteiger partial charge in [0.05, 0.1) is 5.75 Å². The minimum Gasteiger partial charge on any atom is -0.353 e. The van der Waals surface area contributed by atoms with Crippen molar-refractivity contribution in [2.75, 3.05) is 49.9 Å². The maximum atomic E-state index is 12.4. The second-order valence-corrected chi connectivity index (χ2v) is 8.73. The van der Waals surface area contributed by atoms with E-state index in [9.17, 15) is 9.59 Å². The number of rotatable bonds is 5. The summed E-state index contributed by atoms with van der Waals surface area (Å²) >= 11 is 7.54. The minimum absolute atomic E-state index is 0.133. The number of hydrogen-bond donors (Lipinski definition) is 0. The Hall–Kier alpha value is -1.54. The number of carbonyl (C=O) groups is 2. The van der Waals surface area contributed by atoms with Crippen LogP contribution < -0.4 is 4.90 Å². The van der Waals surface area contributed by atoms with Crippen molar-refractivity contribution in [1.29, 1.82) is 0 Å². The fourth-order valence-electron chi connectivity index (χ4n) is 3.50. The summed E-state index contributed by atoms with van der Waals surface area (Å²) in [5, 5.41) is 0.895. The summed E-state index contributed by atoms with van der Waals surface area (Å²) in [5.74, 6) is 2.09. The highest BCUT2D eigenvalue weighted by atomic mass is 35.5. The molecule has 7 nitrogen and oxygen atoms in total. The van der Waals surface area contributed by atoms with Crippen LogP contribution in [0.1, 0.15) is 33.1 Å². The molecule has 2 aliphatic rings. The molecular weight excluding hydrogens is 398 g/mol. The first-order chi connectivity index (χ1) is 13.5. The van der Waals surface area contributed by atoms with Crippen LogP contribution in [0.15, 0.2) is 11.2 Å². The van der Waals surface area contributed by atoms with E-state index < -0.39 is 0 Å². The van der Waals surface area contributed by atoms with Crippen molar-refractivity contribution in [2.45, 2.75) is 38.3 Å². The Morgan fingerprint density at radius 3 is 2.36 bits per heavy atom. The molecule has 0 unspecified atom stereocenters. The summed E-state index contributed by atoms with van der Waals surface area (Å²) < 4.78 is 0. The maximum absolute atomic E-state index is 12.4. The lowest BCUT2D eigenvalue weighted by atomic mass is 9.99. The van der Waals surface area contributed by atoms with Gasteiger partial charge in [0.2, 0.25) is 11.8 Å². The highest BCUT2D eigenvalue weighted by molar-refractivity contribution is 7.99. The van der Waals surface area contributed by atoms with Crippen molar-refractivity contribution in [2.24, 2.45) is 5.92 Å². The van der Waals surface area contributed by atoms with E-state index in [1.165, 1.54) is 11.8 Å². The fourth-order valence-corrected chi connectivity index (χ4v) is 4.48. The van der Waals surface area contributed by atoms with E-state index in [-0.39, 0.29) is 11.8 Å². The Morgan fingerprint density at radius 1 is 1.07 bits per heavy atom. The molecule has 2 aliphatic heterocycles. The molecular formula is C19H28ClN5O2S. The number of likely N-dealkylation sites (tertiary alicyclic amines) is 1. The molecule has 0 spiro atoms. The topological polar surface area (TPSA) is 69.6 Å². The number of halogens is 1. The average molecular weight is 426 g/mol. The van der Waals surface area contributed by atoms with Crippen LogP contribution in [-0.4, -0.2) is 76.6 Å². The van der Waals surface area contributed by atoms with E-state index in [0.717, 1.165) is 31.7 Å². The molecule has 0 bridgehead atoms. The molecule has 0 atom stereocenters. The zero-order chi connectivity index (χ0) is 20.1. The highest BCUT2D eigenvalue weighted by Gasteiger charge is 2.23. The van der Waals surface area contributed by atoms with Crippen molar-refractivity contribution in [1.82, 2.24) is 19.8 Å². The van der Waals surface area contributed by atoms with Gasteiger partial charge in [0.1, 0.15) is 11.0 Å². The van der Waals surface area contributed by atoms with Gasteiger partial charge in [0.25, 0.3) is 0 Å². The molecule has 0 radical (unpaired) electrons. The van der Waals surface area contributed by atoms with Gasteiger partial charge in [-0.05, 0) is 18.8 Å². The number of carbonyl (C=O) groups excluding carboxylic acids is 2. The number of anilines is 1. The largest absolute Gasteiger partial charge is 0.353 e. The molecule has 154 valence electrons. The van der Waals surface area contributed by atoms with Crippen LogP contribution in [0.2, 0.25) is 5.15 Å². The molecule has 0 aromatic carbocycles. The van der Waals surface area contributed by atoms with Crippen LogP contribution in [0, 0.1) is 5.92 Å². The summed E-state index contributed by atoms with van der Waals surface area (Å²) in [6.07, 6.45) is 2.67.